The van der Waals surface area contributed by atoms with Crippen LogP contribution in [-0.2, 0) is 14.3 Å². The van der Waals surface area contributed by atoms with Crippen LogP contribution in [0, 0.1) is 0 Å². The number of nitrogens with zero attached hydrogens (tertiary/aromatic N) is 2. The Morgan fingerprint density at radius 1 is 1.00 bits per heavy atom. The molecule has 1 atom stereocenters. The van der Waals surface area contributed by atoms with Gasteiger partial charge in [-0.15, -0.1) is 0 Å². The fourth-order valence-electron chi connectivity index (χ4n) is 3.36. The highest BCUT2D eigenvalue weighted by atomic mass is 16.5. The second-order valence-electron chi connectivity index (χ2n) is 7.07. The number of aliphatic imine (C=N–C) groups is 1. The summed E-state index contributed by atoms with van der Waals surface area (Å²) >= 11 is 0. The predicted octanol–water partition coefficient (Wildman–Crippen LogP) is 2.91. The second kappa shape index (κ2) is 8.39. The van der Waals surface area contributed by atoms with Crippen molar-refractivity contribution in [3.63, 3.8) is 0 Å². The van der Waals surface area contributed by atoms with Crippen LogP contribution in [0.3, 0.4) is 0 Å². The number of hydrogen-bond donors (Lipinski definition) is 2. The summed E-state index contributed by atoms with van der Waals surface area (Å²) < 4.78 is 5.18. The number of esters is 1. The summed E-state index contributed by atoms with van der Waals surface area (Å²) in [4.78, 5) is 53.7. The first-order valence-electron chi connectivity index (χ1n) is 9.43. The lowest BCUT2D eigenvalue weighted by Crippen LogP contribution is -2.50. The number of anilines is 1. The molecule has 160 valence electrons. The minimum atomic E-state index is -1.38. The molecule has 0 saturated carbocycles. The largest absolute Gasteiger partial charge is 0.478 e. The molecule has 1 heterocycles. The number of aromatic carboxylic acids is 2. The third-order valence-electron chi connectivity index (χ3n) is 4.92. The number of benzene rings is 2. The number of rotatable bonds is 6. The van der Waals surface area contributed by atoms with Gasteiger partial charge in [-0.3, -0.25) is 9.69 Å². The second-order valence-corrected chi connectivity index (χ2v) is 7.07. The van der Waals surface area contributed by atoms with Crippen molar-refractivity contribution in [2.45, 2.75) is 25.8 Å². The molecule has 2 aromatic carbocycles. The Bertz CT molecular complexity index is 1070. The molecule has 1 aliphatic rings. The number of carbonyl (C=O) groups excluding carboxylic acids is 2. The molecule has 0 bridgehead atoms. The van der Waals surface area contributed by atoms with E-state index in [2.05, 4.69) is 4.99 Å². The van der Waals surface area contributed by atoms with E-state index in [9.17, 15) is 19.2 Å². The normalized spacial score (nSPS) is 19.5. The number of carboxylic acids is 2. The first-order valence-corrected chi connectivity index (χ1v) is 9.43. The van der Waals surface area contributed by atoms with E-state index in [4.69, 9.17) is 14.9 Å². The Labute approximate surface area is 177 Å². The van der Waals surface area contributed by atoms with E-state index in [1.807, 2.05) is 0 Å². The van der Waals surface area contributed by atoms with Crippen LogP contribution in [0.25, 0.3) is 0 Å². The standard InChI is InChI=1S/C22H20N2O7/c1-3-31-21(30)22(2)12-17(23-15-8-4-13(5-9-15)19(26)27)18(25)24(22)16-10-6-14(7-11-16)20(28)29/h4-11H,3,12H2,1-2H3,(H,26,27)(H,28,29). The minimum Gasteiger partial charge on any atom is -0.478 e. The molecule has 0 aromatic heterocycles. The summed E-state index contributed by atoms with van der Waals surface area (Å²) in [5.41, 5.74) is -0.461. The van der Waals surface area contributed by atoms with Crippen LogP contribution in [-0.4, -0.2) is 51.9 Å². The average molecular weight is 424 g/mol. The minimum absolute atomic E-state index is 0.0357. The molecular weight excluding hydrogens is 404 g/mol. The van der Waals surface area contributed by atoms with Crippen molar-refractivity contribution in [2.24, 2.45) is 4.99 Å². The van der Waals surface area contributed by atoms with Crippen molar-refractivity contribution in [1.82, 2.24) is 0 Å². The Hall–Kier alpha value is -4.01. The van der Waals surface area contributed by atoms with E-state index < -0.39 is 29.4 Å². The zero-order chi connectivity index (χ0) is 22.8. The van der Waals surface area contributed by atoms with E-state index in [0.717, 1.165) is 0 Å². The summed E-state index contributed by atoms with van der Waals surface area (Å²) in [5.74, 6) is -3.33. The molecule has 1 amide bonds. The van der Waals surface area contributed by atoms with Gasteiger partial charge in [-0.05, 0) is 62.4 Å². The topological polar surface area (TPSA) is 134 Å². The molecule has 2 N–H and O–H groups in total. The fraction of sp³-hybridized carbons (Fsp3) is 0.227. The maximum absolute atomic E-state index is 13.2. The SMILES string of the molecule is CCOC(=O)C1(C)CC(=Nc2ccc(C(=O)O)cc2)C(=O)N1c1ccc(C(=O)O)cc1. The molecule has 3 rings (SSSR count). The summed E-state index contributed by atoms with van der Waals surface area (Å²) in [6.45, 7) is 3.34. The molecule has 1 fully saturated rings. The van der Waals surface area contributed by atoms with Crippen molar-refractivity contribution >= 4 is 40.9 Å². The highest BCUT2D eigenvalue weighted by Crippen LogP contribution is 2.36. The van der Waals surface area contributed by atoms with E-state index in [-0.39, 0.29) is 29.9 Å². The van der Waals surface area contributed by atoms with Gasteiger partial charge in [0, 0.05) is 12.1 Å². The Kier molecular flexibility index (Phi) is 5.87. The smallest absolute Gasteiger partial charge is 0.335 e. The van der Waals surface area contributed by atoms with Gasteiger partial charge in [-0.25, -0.2) is 19.4 Å². The van der Waals surface area contributed by atoms with Crippen LogP contribution in [0.5, 0.6) is 0 Å². The maximum atomic E-state index is 13.2. The summed E-state index contributed by atoms with van der Waals surface area (Å²) in [6.07, 6.45) is -0.0357. The molecule has 1 saturated heterocycles. The van der Waals surface area contributed by atoms with Gasteiger partial charge in [0.2, 0.25) is 0 Å². The molecule has 2 aromatic rings. The lowest BCUT2D eigenvalue weighted by atomic mass is 9.97. The van der Waals surface area contributed by atoms with Crippen molar-refractivity contribution < 1.29 is 34.1 Å². The van der Waals surface area contributed by atoms with Crippen LogP contribution >= 0.6 is 0 Å². The first kappa shape index (κ1) is 21.7. The van der Waals surface area contributed by atoms with Gasteiger partial charge in [-0.1, -0.05) is 0 Å². The highest BCUT2D eigenvalue weighted by Gasteiger charge is 2.53. The van der Waals surface area contributed by atoms with Gasteiger partial charge >= 0.3 is 17.9 Å². The number of hydrogen-bond acceptors (Lipinski definition) is 6. The van der Waals surface area contributed by atoms with Gasteiger partial charge < -0.3 is 14.9 Å². The van der Waals surface area contributed by atoms with Gasteiger partial charge in [0.15, 0.2) is 0 Å². The third-order valence-corrected chi connectivity index (χ3v) is 4.92. The average Bonchev–Trinajstić information content (AvgIpc) is 2.99. The molecule has 1 unspecified atom stereocenters. The lowest BCUT2D eigenvalue weighted by Gasteiger charge is -2.32. The van der Waals surface area contributed by atoms with Gasteiger partial charge in [0.05, 0.1) is 23.4 Å². The van der Waals surface area contributed by atoms with E-state index in [0.29, 0.717) is 11.4 Å². The number of carboxylic acid groups (broad SMARTS) is 2. The summed E-state index contributed by atoms with van der Waals surface area (Å²) in [6, 6.07) is 11.3. The van der Waals surface area contributed by atoms with E-state index in [1.54, 1.807) is 13.8 Å². The van der Waals surface area contributed by atoms with Gasteiger partial charge in [0.25, 0.3) is 5.91 Å². The Morgan fingerprint density at radius 2 is 1.52 bits per heavy atom. The van der Waals surface area contributed by atoms with E-state index >= 15 is 0 Å². The molecule has 1 aliphatic heterocycles. The van der Waals surface area contributed by atoms with Gasteiger partial charge in [-0.2, -0.15) is 0 Å². The molecule has 9 nitrogen and oxygen atoms in total. The van der Waals surface area contributed by atoms with Gasteiger partial charge in [0.1, 0.15) is 11.3 Å². The van der Waals surface area contributed by atoms with Crippen LogP contribution in [0.2, 0.25) is 0 Å². The number of ether oxygens (including phenoxy) is 1. The van der Waals surface area contributed by atoms with Crippen LogP contribution in [0.15, 0.2) is 53.5 Å². The molecule has 0 spiro atoms. The summed E-state index contributed by atoms with van der Waals surface area (Å²) in [7, 11) is 0. The van der Waals surface area contributed by atoms with Crippen molar-refractivity contribution in [1.29, 1.82) is 0 Å². The predicted molar refractivity (Wildman–Crippen MR) is 111 cm³/mol. The van der Waals surface area contributed by atoms with Crippen LogP contribution in [0.4, 0.5) is 11.4 Å². The molecule has 31 heavy (non-hydrogen) atoms. The molecule has 0 aliphatic carbocycles. The molecule has 9 heteroatoms. The fourth-order valence-corrected chi connectivity index (χ4v) is 3.36. The lowest BCUT2D eigenvalue weighted by molar-refractivity contribution is -0.149. The molecule has 0 radical (unpaired) electrons. The van der Waals surface area contributed by atoms with Crippen molar-refractivity contribution in [3.05, 3.63) is 59.7 Å². The Balaban J connectivity index is 2.02. The summed E-state index contributed by atoms with van der Waals surface area (Å²) in [5, 5.41) is 18.1. The molecular formula is C22H20N2O7. The number of amides is 1. The highest BCUT2D eigenvalue weighted by molar-refractivity contribution is 6.48. The van der Waals surface area contributed by atoms with Crippen LogP contribution in [0.1, 0.15) is 41.0 Å². The van der Waals surface area contributed by atoms with Crippen molar-refractivity contribution in [3.8, 4) is 0 Å². The van der Waals surface area contributed by atoms with Crippen LogP contribution < -0.4 is 4.90 Å². The quantitative estimate of drug-likeness (QED) is 0.681. The number of carbonyl (C=O) groups is 4. The third kappa shape index (κ3) is 4.16. The van der Waals surface area contributed by atoms with E-state index in [1.165, 1.54) is 53.4 Å². The van der Waals surface area contributed by atoms with Crippen molar-refractivity contribution in [2.75, 3.05) is 11.5 Å². The first-order chi connectivity index (χ1) is 14.7. The zero-order valence-electron chi connectivity index (χ0n) is 16.9. The Morgan fingerprint density at radius 3 is 2.00 bits per heavy atom. The zero-order valence-corrected chi connectivity index (χ0v) is 16.9. The maximum Gasteiger partial charge on any atom is 0.335 e. The monoisotopic (exact) mass is 424 g/mol.